The molecule has 0 aliphatic heterocycles. The Balaban J connectivity index is 1.45. The number of nitrogens with one attached hydrogen (secondary N) is 2. The summed E-state index contributed by atoms with van der Waals surface area (Å²) in [7, 11) is 1.64. The van der Waals surface area contributed by atoms with Gasteiger partial charge in [0.2, 0.25) is 11.9 Å². The Morgan fingerprint density at radius 2 is 1.56 bits per heavy atom. The van der Waals surface area contributed by atoms with E-state index in [1.807, 2.05) is 12.1 Å². The van der Waals surface area contributed by atoms with Gasteiger partial charge < -0.3 is 25.2 Å². The molecule has 36 heavy (non-hydrogen) atoms. The van der Waals surface area contributed by atoms with Crippen LogP contribution in [-0.2, 0) is 23.9 Å². The van der Waals surface area contributed by atoms with Crippen LogP contribution in [0, 0.1) is 0 Å². The summed E-state index contributed by atoms with van der Waals surface area (Å²) < 4.78 is 49.4. The van der Waals surface area contributed by atoms with Crippen LogP contribution in [0.4, 0.5) is 25.1 Å². The fourth-order valence-electron chi connectivity index (χ4n) is 3.02. The van der Waals surface area contributed by atoms with Crippen molar-refractivity contribution >= 4 is 17.9 Å². The molecule has 0 saturated carbocycles. The fourth-order valence-corrected chi connectivity index (χ4v) is 3.02. The highest BCUT2D eigenvalue weighted by Gasteiger charge is 2.29. The van der Waals surface area contributed by atoms with E-state index in [0.717, 1.165) is 17.7 Å². The molecule has 192 valence electrons. The third-order valence-corrected chi connectivity index (χ3v) is 4.91. The van der Waals surface area contributed by atoms with Crippen LogP contribution in [0.5, 0.6) is 11.8 Å². The summed E-state index contributed by atoms with van der Waals surface area (Å²) in [5.41, 5.74) is 0.839. The van der Waals surface area contributed by atoms with Crippen molar-refractivity contribution in [3.63, 3.8) is 0 Å². The van der Waals surface area contributed by atoms with Crippen molar-refractivity contribution in [3.8, 4) is 11.8 Å². The van der Waals surface area contributed by atoms with E-state index in [0.29, 0.717) is 30.8 Å². The SMILES string of the molecule is CNc1nc(NCc2ccc(C(F)(F)F)cc2)nc(OCCCOc2ccc(CCC(=O)O)cc2)n1. The third kappa shape index (κ3) is 8.60. The molecule has 12 heteroatoms. The van der Waals surface area contributed by atoms with Crippen molar-refractivity contribution in [1.29, 1.82) is 0 Å². The smallest absolute Gasteiger partial charge is 0.416 e. The first-order valence-corrected chi connectivity index (χ1v) is 11.1. The molecule has 3 rings (SSSR count). The number of aryl methyl sites for hydroxylation is 1. The van der Waals surface area contributed by atoms with Gasteiger partial charge in [-0.25, -0.2) is 0 Å². The van der Waals surface area contributed by atoms with Gasteiger partial charge in [-0.05, 0) is 41.8 Å². The van der Waals surface area contributed by atoms with E-state index < -0.39 is 17.7 Å². The minimum atomic E-state index is -4.38. The van der Waals surface area contributed by atoms with Crippen molar-refractivity contribution in [2.24, 2.45) is 0 Å². The van der Waals surface area contributed by atoms with Gasteiger partial charge in [-0.15, -0.1) is 0 Å². The number of hydrogen-bond donors (Lipinski definition) is 3. The Kier molecular flexibility index (Phi) is 9.25. The Labute approximate surface area is 205 Å². The lowest BCUT2D eigenvalue weighted by Crippen LogP contribution is -2.11. The highest BCUT2D eigenvalue weighted by Crippen LogP contribution is 2.29. The number of aromatic nitrogens is 3. The van der Waals surface area contributed by atoms with E-state index in [2.05, 4.69) is 25.6 Å². The van der Waals surface area contributed by atoms with Gasteiger partial charge >= 0.3 is 18.2 Å². The molecule has 0 bridgehead atoms. The van der Waals surface area contributed by atoms with E-state index in [9.17, 15) is 18.0 Å². The maximum Gasteiger partial charge on any atom is 0.416 e. The minimum Gasteiger partial charge on any atom is -0.493 e. The van der Waals surface area contributed by atoms with Gasteiger partial charge in [-0.3, -0.25) is 4.79 Å². The molecule has 3 aromatic rings. The lowest BCUT2D eigenvalue weighted by atomic mass is 10.1. The van der Waals surface area contributed by atoms with Crippen LogP contribution in [-0.4, -0.2) is 46.3 Å². The normalized spacial score (nSPS) is 11.1. The maximum absolute atomic E-state index is 12.7. The molecule has 3 N–H and O–H groups in total. The monoisotopic (exact) mass is 505 g/mol. The molecule has 0 atom stereocenters. The van der Waals surface area contributed by atoms with Gasteiger partial charge in [0.1, 0.15) is 5.75 Å². The molecule has 9 nitrogen and oxygen atoms in total. The average molecular weight is 505 g/mol. The number of anilines is 2. The van der Waals surface area contributed by atoms with E-state index in [-0.39, 0.29) is 37.5 Å². The summed E-state index contributed by atoms with van der Waals surface area (Å²) in [5.74, 6) is 0.316. The number of hydrogen-bond acceptors (Lipinski definition) is 8. The van der Waals surface area contributed by atoms with Crippen LogP contribution in [0.25, 0.3) is 0 Å². The Hall–Kier alpha value is -4.09. The zero-order valence-electron chi connectivity index (χ0n) is 19.5. The number of carboxylic acid groups (broad SMARTS) is 1. The number of ether oxygens (including phenoxy) is 2. The summed E-state index contributed by atoms with van der Waals surface area (Å²) in [6.07, 6.45) is -3.29. The predicted octanol–water partition coefficient (Wildman–Crippen LogP) is 4.41. The molecule has 0 unspecified atom stereocenters. The summed E-state index contributed by atoms with van der Waals surface area (Å²) in [4.78, 5) is 23.1. The highest BCUT2D eigenvalue weighted by atomic mass is 19.4. The van der Waals surface area contributed by atoms with Crippen LogP contribution in [0.1, 0.15) is 29.5 Å². The molecule has 0 spiro atoms. The molecule has 1 heterocycles. The summed E-state index contributed by atoms with van der Waals surface area (Å²) in [5, 5.41) is 14.5. The molecule has 0 fully saturated rings. The van der Waals surface area contributed by atoms with Crippen LogP contribution in [0.2, 0.25) is 0 Å². The molecular formula is C24H26F3N5O4. The van der Waals surface area contributed by atoms with Gasteiger partial charge in [-0.1, -0.05) is 24.3 Å². The standard InChI is InChI=1S/C24H26F3N5O4/c1-28-21-30-22(29-15-17-3-8-18(9-4-17)24(25,26)27)32-23(31-21)36-14-2-13-35-19-10-5-16(6-11-19)7-12-20(33)34/h3-6,8-11H,2,7,12-15H2,1H3,(H,33,34)(H2,28,29,30,31,32). The zero-order valence-corrected chi connectivity index (χ0v) is 19.5. The van der Waals surface area contributed by atoms with Crippen molar-refractivity contribution < 1.29 is 32.5 Å². The summed E-state index contributed by atoms with van der Waals surface area (Å²) >= 11 is 0. The number of benzene rings is 2. The first-order chi connectivity index (χ1) is 17.2. The molecule has 0 aliphatic rings. The molecule has 0 aliphatic carbocycles. The highest BCUT2D eigenvalue weighted by molar-refractivity contribution is 5.67. The number of alkyl halides is 3. The fraction of sp³-hybridized carbons (Fsp3) is 0.333. The number of carboxylic acids is 1. The van der Waals surface area contributed by atoms with Crippen LogP contribution >= 0.6 is 0 Å². The second-order valence-electron chi connectivity index (χ2n) is 7.65. The number of rotatable bonds is 13. The van der Waals surface area contributed by atoms with Crippen LogP contribution < -0.4 is 20.1 Å². The minimum absolute atomic E-state index is 0.0795. The Morgan fingerprint density at radius 3 is 2.19 bits per heavy atom. The second kappa shape index (κ2) is 12.6. The van der Waals surface area contributed by atoms with E-state index in [1.54, 1.807) is 19.2 Å². The maximum atomic E-state index is 12.7. The Bertz CT molecular complexity index is 1130. The van der Waals surface area contributed by atoms with Crippen molar-refractivity contribution in [3.05, 3.63) is 65.2 Å². The van der Waals surface area contributed by atoms with Crippen molar-refractivity contribution in [1.82, 2.24) is 15.0 Å². The molecule has 0 saturated heterocycles. The van der Waals surface area contributed by atoms with Crippen LogP contribution in [0.3, 0.4) is 0 Å². The zero-order chi connectivity index (χ0) is 26.0. The van der Waals surface area contributed by atoms with E-state index >= 15 is 0 Å². The average Bonchev–Trinajstić information content (AvgIpc) is 2.86. The lowest BCUT2D eigenvalue weighted by molar-refractivity contribution is -0.138. The van der Waals surface area contributed by atoms with E-state index in [4.69, 9.17) is 14.6 Å². The quantitative estimate of drug-likeness (QED) is 0.290. The molecule has 1 aromatic heterocycles. The summed E-state index contributed by atoms with van der Waals surface area (Å²) in [6.45, 7) is 0.882. The molecule has 0 radical (unpaired) electrons. The molecule has 2 aromatic carbocycles. The number of halogens is 3. The van der Waals surface area contributed by atoms with Gasteiger partial charge in [0.05, 0.1) is 18.8 Å². The third-order valence-electron chi connectivity index (χ3n) is 4.91. The molecular weight excluding hydrogens is 479 g/mol. The van der Waals surface area contributed by atoms with E-state index in [1.165, 1.54) is 12.1 Å². The van der Waals surface area contributed by atoms with Gasteiger partial charge in [0, 0.05) is 26.4 Å². The lowest BCUT2D eigenvalue weighted by Gasteiger charge is -2.11. The predicted molar refractivity (Wildman–Crippen MR) is 126 cm³/mol. The first-order valence-electron chi connectivity index (χ1n) is 11.1. The topological polar surface area (TPSA) is 118 Å². The molecule has 0 amide bonds. The van der Waals surface area contributed by atoms with Crippen molar-refractivity contribution in [2.45, 2.75) is 32.0 Å². The first kappa shape index (κ1) is 26.5. The number of carbonyl (C=O) groups is 1. The summed E-state index contributed by atoms with van der Waals surface area (Å²) in [6, 6.07) is 12.1. The van der Waals surface area contributed by atoms with Gasteiger partial charge in [-0.2, -0.15) is 28.1 Å². The van der Waals surface area contributed by atoms with Gasteiger partial charge in [0.25, 0.3) is 0 Å². The number of aliphatic carboxylic acids is 1. The number of nitrogens with zero attached hydrogens (tertiary/aromatic N) is 3. The largest absolute Gasteiger partial charge is 0.493 e. The van der Waals surface area contributed by atoms with Gasteiger partial charge in [0.15, 0.2) is 0 Å². The second-order valence-corrected chi connectivity index (χ2v) is 7.65. The van der Waals surface area contributed by atoms with Crippen molar-refractivity contribution in [2.75, 3.05) is 30.9 Å². The van der Waals surface area contributed by atoms with Crippen LogP contribution in [0.15, 0.2) is 48.5 Å². The Morgan fingerprint density at radius 1 is 0.917 bits per heavy atom.